The van der Waals surface area contributed by atoms with E-state index in [0.29, 0.717) is 5.56 Å². The second-order valence-corrected chi connectivity index (χ2v) is 3.71. The summed E-state index contributed by atoms with van der Waals surface area (Å²) in [5, 5.41) is 7.95. The molecule has 0 saturated carbocycles. The third-order valence-electron chi connectivity index (χ3n) is 2.64. The Bertz CT molecular complexity index is 683. The molecule has 3 rings (SSSR count). The van der Waals surface area contributed by atoms with Gasteiger partial charge < -0.3 is 10.2 Å². The molecular formula is C12H9N3O2. The minimum Gasteiger partial charge on any atom is -0.472 e. The van der Waals surface area contributed by atoms with Crippen molar-refractivity contribution in [1.82, 2.24) is 10.2 Å². The van der Waals surface area contributed by atoms with Crippen LogP contribution in [-0.2, 0) is 0 Å². The fourth-order valence-corrected chi connectivity index (χ4v) is 1.79. The smallest absolute Gasteiger partial charge is 0.248 e. The van der Waals surface area contributed by atoms with Gasteiger partial charge in [0.05, 0.1) is 18.0 Å². The Morgan fingerprint density at radius 1 is 1.35 bits per heavy atom. The number of furan rings is 1. The van der Waals surface area contributed by atoms with E-state index in [1.807, 2.05) is 6.07 Å². The Balaban J connectivity index is 2.26. The minimum absolute atomic E-state index is 0.453. The van der Waals surface area contributed by atoms with E-state index in [1.165, 1.54) is 0 Å². The summed E-state index contributed by atoms with van der Waals surface area (Å²) in [7, 11) is 0. The minimum atomic E-state index is -0.453. The summed E-state index contributed by atoms with van der Waals surface area (Å²) in [5.74, 6) is -0.453. The number of hydrogen-bond donors (Lipinski definition) is 2. The Labute approximate surface area is 96.2 Å². The zero-order chi connectivity index (χ0) is 11.8. The molecule has 3 N–H and O–H groups in total. The number of amides is 1. The van der Waals surface area contributed by atoms with Crippen molar-refractivity contribution in [1.29, 1.82) is 0 Å². The first kappa shape index (κ1) is 9.65. The Hall–Kier alpha value is -2.56. The maximum atomic E-state index is 11.1. The van der Waals surface area contributed by atoms with Gasteiger partial charge in [0, 0.05) is 16.5 Å². The van der Waals surface area contributed by atoms with Crippen molar-refractivity contribution in [2.45, 2.75) is 0 Å². The zero-order valence-electron chi connectivity index (χ0n) is 8.81. The third kappa shape index (κ3) is 1.48. The van der Waals surface area contributed by atoms with Crippen molar-refractivity contribution >= 4 is 16.8 Å². The van der Waals surface area contributed by atoms with Crippen LogP contribution in [0.15, 0.2) is 41.2 Å². The highest BCUT2D eigenvalue weighted by Gasteiger charge is 2.11. The molecule has 1 aromatic carbocycles. The van der Waals surface area contributed by atoms with Crippen LogP contribution in [0.4, 0.5) is 0 Å². The molecular weight excluding hydrogens is 218 g/mol. The first-order valence-electron chi connectivity index (χ1n) is 5.06. The van der Waals surface area contributed by atoms with Crippen LogP contribution in [-0.4, -0.2) is 16.1 Å². The second kappa shape index (κ2) is 3.48. The van der Waals surface area contributed by atoms with Gasteiger partial charge in [-0.15, -0.1) is 0 Å². The lowest BCUT2D eigenvalue weighted by atomic mass is 10.1. The summed E-state index contributed by atoms with van der Waals surface area (Å²) in [5.41, 5.74) is 8.18. The van der Waals surface area contributed by atoms with Crippen LogP contribution in [0.3, 0.4) is 0 Å². The number of benzene rings is 1. The average molecular weight is 227 g/mol. The van der Waals surface area contributed by atoms with Gasteiger partial charge in [0.1, 0.15) is 5.69 Å². The topological polar surface area (TPSA) is 84.9 Å². The van der Waals surface area contributed by atoms with Gasteiger partial charge in [-0.1, -0.05) is 0 Å². The first-order chi connectivity index (χ1) is 8.25. The number of nitrogens with one attached hydrogen (secondary N) is 1. The monoisotopic (exact) mass is 227 g/mol. The van der Waals surface area contributed by atoms with Crippen LogP contribution in [0, 0.1) is 0 Å². The molecule has 0 aliphatic carbocycles. The fourth-order valence-electron chi connectivity index (χ4n) is 1.79. The molecule has 0 bridgehead atoms. The lowest BCUT2D eigenvalue weighted by molar-refractivity contribution is 0.100. The second-order valence-electron chi connectivity index (χ2n) is 3.71. The quantitative estimate of drug-likeness (QED) is 0.701. The van der Waals surface area contributed by atoms with Crippen LogP contribution in [0.25, 0.3) is 22.2 Å². The molecule has 2 heterocycles. The van der Waals surface area contributed by atoms with Gasteiger partial charge in [-0.25, -0.2) is 0 Å². The highest BCUT2D eigenvalue weighted by Crippen LogP contribution is 2.27. The van der Waals surface area contributed by atoms with Gasteiger partial charge in [-0.2, -0.15) is 5.10 Å². The van der Waals surface area contributed by atoms with Crippen molar-refractivity contribution in [3.05, 3.63) is 42.4 Å². The van der Waals surface area contributed by atoms with E-state index in [0.717, 1.165) is 22.2 Å². The molecule has 0 radical (unpaired) electrons. The number of carbonyl (C=O) groups excluding carboxylic acids is 1. The SMILES string of the molecule is NC(=O)c1ccc2[nH]nc(-c3ccoc3)c2c1. The van der Waals surface area contributed by atoms with E-state index in [2.05, 4.69) is 10.2 Å². The van der Waals surface area contributed by atoms with Crippen molar-refractivity contribution in [2.75, 3.05) is 0 Å². The van der Waals surface area contributed by atoms with Gasteiger partial charge in [0.25, 0.3) is 0 Å². The van der Waals surface area contributed by atoms with E-state index < -0.39 is 5.91 Å². The standard InChI is InChI=1S/C12H9N3O2/c13-12(16)7-1-2-10-9(5-7)11(15-14-10)8-3-4-17-6-8/h1-6H,(H2,13,16)(H,14,15). The van der Waals surface area contributed by atoms with Gasteiger partial charge in [0.2, 0.25) is 5.91 Å². The van der Waals surface area contributed by atoms with Crippen molar-refractivity contribution < 1.29 is 9.21 Å². The van der Waals surface area contributed by atoms with E-state index in [1.54, 1.807) is 30.7 Å². The predicted molar refractivity (Wildman–Crippen MR) is 62.3 cm³/mol. The lowest BCUT2D eigenvalue weighted by Gasteiger charge is -1.96. The number of rotatable bonds is 2. The van der Waals surface area contributed by atoms with E-state index in [9.17, 15) is 4.79 Å². The first-order valence-corrected chi connectivity index (χ1v) is 5.06. The number of hydrogen-bond acceptors (Lipinski definition) is 3. The normalized spacial score (nSPS) is 10.8. The summed E-state index contributed by atoms with van der Waals surface area (Å²) in [6.07, 6.45) is 3.18. The molecule has 0 atom stereocenters. The van der Waals surface area contributed by atoms with Crippen LogP contribution < -0.4 is 5.73 Å². The number of fused-ring (bicyclic) bond motifs is 1. The summed E-state index contributed by atoms with van der Waals surface area (Å²) >= 11 is 0. The predicted octanol–water partition coefficient (Wildman–Crippen LogP) is 1.92. The molecule has 0 aliphatic rings. The number of aromatic nitrogens is 2. The summed E-state index contributed by atoms with van der Waals surface area (Å²) in [4.78, 5) is 11.1. The number of nitrogens with two attached hydrogens (primary N) is 1. The molecule has 0 unspecified atom stereocenters. The Morgan fingerprint density at radius 3 is 2.94 bits per heavy atom. The lowest BCUT2D eigenvalue weighted by Crippen LogP contribution is -2.10. The Kier molecular flexibility index (Phi) is 1.98. The van der Waals surface area contributed by atoms with Crippen LogP contribution >= 0.6 is 0 Å². The zero-order valence-corrected chi connectivity index (χ0v) is 8.81. The molecule has 0 aliphatic heterocycles. The molecule has 1 amide bonds. The average Bonchev–Trinajstić information content (AvgIpc) is 2.96. The van der Waals surface area contributed by atoms with Gasteiger partial charge in [-0.05, 0) is 24.3 Å². The van der Waals surface area contributed by atoms with Crippen molar-refractivity contribution in [3.63, 3.8) is 0 Å². The maximum Gasteiger partial charge on any atom is 0.248 e. The Morgan fingerprint density at radius 2 is 2.24 bits per heavy atom. The summed E-state index contributed by atoms with van der Waals surface area (Å²) in [6, 6.07) is 6.99. The molecule has 0 saturated heterocycles. The highest BCUT2D eigenvalue weighted by molar-refractivity contribution is 6.00. The number of H-pyrrole nitrogens is 1. The van der Waals surface area contributed by atoms with Crippen LogP contribution in [0.2, 0.25) is 0 Å². The molecule has 0 spiro atoms. The summed E-state index contributed by atoms with van der Waals surface area (Å²) in [6.45, 7) is 0. The maximum absolute atomic E-state index is 11.1. The number of carbonyl (C=O) groups is 1. The molecule has 17 heavy (non-hydrogen) atoms. The van der Waals surface area contributed by atoms with Gasteiger partial charge in [-0.3, -0.25) is 9.89 Å². The van der Waals surface area contributed by atoms with Crippen LogP contribution in [0.1, 0.15) is 10.4 Å². The number of primary amides is 1. The fraction of sp³-hybridized carbons (Fsp3) is 0. The molecule has 5 nitrogen and oxygen atoms in total. The van der Waals surface area contributed by atoms with Gasteiger partial charge in [0.15, 0.2) is 0 Å². The molecule has 5 heteroatoms. The van der Waals surface area contributed by atoms with Crippen molar-refractivity contribution in [2.24, 2.45) is 5.73 Å². The highest BCUT2D eigenvalue weighted by atomic mass is 16.3. The van der Waals surface area contributed by atoms with Crippen LogP contribution in [0.5, 0.6) is 0 Å². The summed E-state index contributed by atoms with van der Waals surface area (Å²) < 4.78 is 5.02. The van der Waals surface area contributed by atoms with E-state index in [-0.39, 0.29) is 0 Å². The molecule has 0 fully saturated rings. The van der Waals surface area contributed by atoms with E-state index >= 15 is 0 Å². The number of nitrogens with zero attached hydrogens (tertiary/aromatic N) is 1. The van der Waals surface area contributed by atoms with Gasteiger partial charge >= 0.3 is 0 Å². The van der Waals surface area contributed by atoms with Crippen molar-refractivity contribution in [3.8, 4) is 11.3 Å². The largest absolute Gasteiger partial charge is 0.472 e. The molecule has 84 valence electrons. The molecule has 3 aromatic rings. The third-order valence-corrected chi connectivity index (χ3v) is 2.64. The number of aromatic amines is 1. The molecule has 2 aromatic heterocycles. The van der Waals surface area contributed by atoms with E-state index in [4.69, 9.17) is 10.2 Å².